The Hall–Kier alpha value is -2.36. The first-order valence-corrected chi connectivity index (χ1v) is 17.5. The molecule has 0 N–H and O–H groups in total. The average molecular weight is 581 g/mol. The van der Waals surface area contributed by atoms with Gasteiger partial charge in [0.2, 0.25) is 0 Å². The van der Waals surface area contributed by atoms with E-state index in [0.717, 1.165) is 31.1 Å². The Bertz CT molecular complexity index is 977. The van der Waals surface area contributed by atoms with Gasteiger partial charge in [-0.1, -0.05) is 167 Å². The van der Waals surface area contributed by atoms with Gasteiger partial charge in [0, 0.05) is 5.39 Å². The SMILES string of the molecule is CCCCCCCCCCCCCCCCCCOC(=O)c1cccc2cccc(C(=O)OCCCCCCCC)c12. The molecule has 0 spiro atoms. The standard InChI is InChI=1S/C38H60O4/c1-3-5-7-9-11-12-13-14-15-16-17-18-19-20-22-24-32-42-38(40)35-30-26-28-33-27-25-29-34(36(33)35)37(39)41-31-23-21-10-8-6-4-2/h25-30H,3-24,31-32H2,1-2H3. The van der Waals surface area contributed by atoms with Crippen molar-refractivity contribution in [3.63, 3.8) is 0 Å². The van der Waals surface area contributed by atoms with Gasteiger partial charge < -0.3 is 9.47 Å². The van der Waals surface area contributed by atoms with E-state index in [2.05, 4.69) is 13.8 Å². The van der Waals surface area contributed by atoms with Crippen molar-refractivity contribution in [1.82, 2.24) is 0 Å². The predicted molar refractivity (Wildman–Crippen MR) is 177 cm³/mol. The summed E-state index contributed by atoms with van der Waals surface area (Å²) in [6.45, 7) is 5.31. The second-order valence-corrected chi connectivity index (χ2v) is 12.1. The molecule has 236 valence electrons. The highest BCUT2D eigenvalue weighted by Crippen LogP contribution is 2.25. The fourth-order valence-corrected chi connectivity index (χ4v) is 5.70. The molecule has 0 bridgehead atoms. The van der Waals surface area contributed by atoms with Crippen LogP contribution in [-0.2, 0) is 9.47 Å². The number of hydrogen-bond acceptors (Lipinski definition) is 4. The van der Waals surface area contributed by atoms with Crippen LogP contribution >= 0.6 is 0 Å². The molecule has 2 aromatic carbocycles. The van der Waals surface area contributed by atoms with Gasteiger partial charge in [0.15, 0.2) is 0 Å². The number of carbonyl (C=O) groups is 2. The molecule has 2 rings (SSSR count). The topological polar surface area (TPSA) is 52.6 Å². The van der Waals surface area contributed by atoms with E-state index in [1.54, 1.807) is 12.1 Å². The Balaban J connectivity index is 1.61. The molecule has 0 aliphatic heterocycles. The molecule has 0 radical (unpaired) electrons. The van der Waals surface area contributed by atoms with Crippen molar-refractivity contribution in [2.24, 2.45) is 0 Å². The van der Waals surface area contributed by atoms with Gasteiger partial charge in [-0.25, -0.2) is 9.59 Å². The molecule has 0 heterocycles. The van der Waals surface area contributed by atoms with E-state index in [1.165, 1.54) is 116 Å². The molecular weight excluding hydrogens is 520 g/mol. The van der Waals surface area contributed by atoms with Crippen molar-refractivity contribution < 1.29 is 19.1 Å². The Morgan fingerprint density at radius 2 is 0.762 bits per heavy atom. The predicted octanol–water partition coefficient (Wildman–Crippen LogP) is 11.8. The zero-order valence-corrected chi connectivity index (χ0v) is 27.1. The number of hydrogen-bond donors (Lipinski definition) is 0. The van der Waals surface area contributed by atoms with Crippen LogP contribution in [0.3, 0.4) is 0 Å². The first-order valence-electron chi connectivity index (χ1n) is 17.5. The molecule has 2 aromatic rings. The van der Waals surface area contributed by atoms with E-state index in [0.29, 0.717) is 29.7 Å². The van der Waals surface area contributed by atoms with E-state index in [9.17, 15) is 9.59 Å². The molecule has 0 aromatic heterocycles. The van der Waals surface area contributed by atoms with Crippen LogP contribution in [0.4, 0.5) is 0 Å². The Morgan fingerprint density at radius 1 is 0.452 bits per heavy atom. The van der Waals surface area contributed by atoms with E-state index in [-0.39, 0.29) is 11.9 Å². The Morgan fingerprint density at radius 3 is 1.10 bits per heavy atom. The van der Waals surface area contributed by atoms with Crippen molar-refractivity contribution in [3.05, 3.63) is 47.5 Å². The summed E-state index contributed by atoms with van der Waals surface area (Å²) in [7, 11) is 0. The highest BCUT2D eigenvalue weighted by atomic mass is 16.5. The van der Waals surface area contributed by atoms with Gasteiger partial charge in [0.05, 0.1) is 24.3 Å². The van der Waals surface area contributed by atoms with Crippen LogP contribution in [0.15, 0.2) is 36.4 Å². The minimum absolute atomic E-state index is 0.363. The van der Waals surface area contributed by atoms with Crippen molar-refractivity contribution in [2.45, 2.75) is 155 Å². The summed E-state index contributed by atoms with van der Waals surface area (Å²) >= 11 is 0. The lowest BCUT2D eigenvalue weighted by Crippen LogP contribution is -2.11. The Labute approximate surface area is 257 Å². The van der Waals surface area contributed by atoms with Gasteiger partial charge in [-0.05, 0) is 30.4 Å². The third-order valence-electron chi connectivity index (χ3n) is 8.31. The Kier molecular flexibility index (Phi) is 20.6. The van der Waals surface area contributed by atoms with Crippen molar-refractivity contribution in [3.8, 4) is 0 Å². The first kappa shape index (κ1) is 35.8. The summed E-state index contributed by atoms with van der Waals surface area (Å²) in [5.41, 5.74) is 0.879. The van der Waals surface area contributed by atoms with Gasteiger partial charge in [0.1, 0.15) is 0 Å². The number of fused-ring (bicyclic) bond motifs is 1. The van der Waals surface area contributed by atoms with Crippen LogP contribution in [0, 0.1) is 0 Å². The molecule has 0 aliphatic carbocycles. The molecule has 0 fully saturated rings. The van der Waals surface area contributed by atoms with E-state index >= 15 is 0 Å². The number of carbonyl (C=O) groups excluding carboxylic acids is 2. The van der Waals surface area contributed by atoms with Crippen molar-refractivity contribution in [1.29, 1.82) is 0 Å². The summed E-state index contributed by atoms with van der Waals surface area (Å²) in [6, 6.07) is 11.0. The molecule has 0 atom stereocenters. The summed E-state index contributed by atoms with van der Waals surface area (Å²) in [6.07, 6.45) is 27.9. The molecular formula is C38H60O4. The number of rotatable bonds is 26. The van der Waals surface area contributed by atoms with Gasteiger partial charge in [0.25, 0.3) is 0 Å². The monoisotopic (exact) mass is 580 g/mol. The average Bonchev–Trinajstić information content (AvgIpc) is 3.01. The van der Waals surface area contributed by atoms with Crippen LogP contribution in [-0.4, -0.2) is 25.2 Å². The lowest BCUT2D eigenvalue weighted by molar-refractivity contribution is 0.0498. The van der Waals surface area contributed by atoms with Crippen molar-refractivity contribution >= 4 is 22.7 Å². The van der Waals surface area contributed by atoms with Crippen LogP contribution < -0.4 is 0 Å². The van der Waals surface area contributed by atoms with Crippen LogP contribution in [0.5, 0.6) is 0 Å². The molecule has 42 heavy (non-hydrogen) atoms. The minimum Gasteiger partial charge on any atom is -0.462 e. The second-order valence-electron chi connectivity index (χ2n) is 12.1. The van der Waals surface area contributed by atoms with Crippen molar-refractivity contribution in [2.75, 3.05) is 13.2 Å². The fourth-order valence-electron chi connectivity index (χ4n) is 5.70. The maximum absolute atomic E-state index is 13.0. The zero-order chi connectivity index (χ0) is 30.1. The number of unbranched alkanes of at least 4 members (excludes halogenated alkanes) is 20. The van der Waals surface area contributed by atoms with Crippen LogP contribution in [0.2, 0.25) is 0 Å². The number of ether oxygens (including phenoxy) is 2. The zero-order valence-electron chi connectivity index (χ0n) is 27.1. The van der Waals surface area contributed by atoms with E-state index in [4.69, 9.17) is 9.47 Å². The maximum atomic E-state index is 13.0. The number of esters is 2. The van der Waals surface area contributed by atoms with E-state index < -0.39 is 0 Å². The lowest BCUT2D eigenvalue weighted by Gasteiger charge is -2.12. The molecule has 4 heteroatoms. The van der Waals surface area contributed by atoms with Crippen LogP contribution in [0.25, 0.3) is 10.8 Å². The summed E-state index contributed by atoms with van der Waals surface area (Å²) in [4.78, 5) is 25.9. The van der Waals surface area contributed by atoms with Crippen LogP contribution in [0.1, 0.15) is 176 Å². The normalized spacial score (nSPS) is 11.2. The summed E-state index contributed by atoms with van der Waals surface area (Å²) < 4.78 is 11.2. The van der Waals surface area contributed by atoms with Gasteiger partial charge >= 0.3 is 11.9 Å². The quantitative estimate of drug-likeness (QED) is 0.0820. The third-order valence-corrected chi connectivity index (χ3v) is 8.31. The molecule has 0 saturated carbocycles. The molecule has 0 saturated heterocycles. The number of benzene rings is 2. The van der Waals surface area contributed by atoms with Gasteiger partial charge in [-0.3, -0.25) is 0 Å². The molecule has 0 aliphatic rings. The highest BCUT2D eigenvalue weighted by molar-refractivity contribution is 6.13. The summed E-state index contributed by atoms with van der Waals surface area (Å²) in [5, 5.41) is 1.48. The van der Waals surface area contributed by atoms with E-state index in [1.807, 2.05) is 24.3 Å². The second kappa shape index (κ2) is 24.1. The molecule has 0 amide bonds. The molecule has 4 nitrogen and oxygen atoms in total. The first-order chi connectivity index (χ1) is 20.7. The van der Waals surface area contributed by atoms with Gasteiger partial charge in [-0.15, -0.1) is 0 Å². The summed E-state index contributed by atoms with van der Waals surface area (Å²) in [5.74, 6) is -0.732. The van der Waals surface area contributed by atoms with Gasteiger partial charge in [-0.2, -0.15) is 0 Å². The largest absolute Gasteiger partial charge is 0.462 e. The third kappa shape index (κ3) is 15.2. The maximum Gasteiger partial charge on any atom is 0.338 e. The fraction of sp³-hybridized carbons (Fsp3) is 0.684. The smallest absolute Gasteiger partial charge is 0.338 e. The lowest BCUT2D eigenvalue weighted by atomic mass is 9.99. The minimum atomic E-state index is -0.368. The highest BCUT2D eigenvalue weighted by Gasteiger charge is 2.19. The molecule has 0 unspecified atom stereocenters.